The number of hydrogen-bond acceptors (Lipinski definition) is 3. The Kier molecular flexibility index (Phi) is 4.49. The van der Waals surface area contributed by atoms with Crippen LogP contribution >= 0.6 is 0 Å². The van der Waals surface area contributed by atoms with E-state index in [2.05, 4.69) is 11.9 Å². The molecule has 0 spiro atoms. The van der Waals surface area contributed by atoms with Crippen LogP contribution < -0.4 is 11.1 Å². The fourth-order valence-electron chi connectivity index (χ4n) is 1.60. The summed E-state index contributed by atoms with van der Waals surface area (Å²) in [5.41, 5.74) is 6.02. The predicted octanol–water partition coefficient (Wildman–Crippen LogP) is -0.0408. The highest BCUT2D eigenvalue weighted by Crippen LogP contribution is 2.13. The molecule has 2 amide bonds. The zero-order chi connectivity index (χ0) is 12.1. The molecule has 0 aliphatic carbocycles. The van der Waals surface area contributed by atoms with Crippen LogP contribution in [0.4, 0.5) is 0 Å². The first-order valence-corrected chi connectivity index (χ1v) is 5.32. The van der Waals surface area contributed by atoms with E-state index in [9.17, 15) is 9.59 Å². The Morgan fingerprint density at radius 3 is 2.75 bits per heavy atom. The molecule has 1 saturated heterocycles. The SMILES string of the molecule is C=C(C)C[C@H](NC(=O)[C@H]1CCOC1)C(N)=O. The van der Waals surface area contributed by atoms with Crippen molar-refractivity contribution in [3.63, 3.8) is 0 Å². The van der Waals surface area contributed by atoms with Gasteiger partial charge in [-0.2, -0.15) is 0 Å². The van der Waals surface area contributed by atoms with Gasteiger partial charge in [-0.25, -0.2) is 0 Å². The molecule has 0 unspecified atom stereocenters. The van der Waals surface area contributed by atoms with Gasteiger partial charge in [0.25, 0.3) is 0 Å². The third-order valence-electron chi connectivity index (χ3n) is 2.51. The van der Waals surface area contributed by atoms with Crippen LogP contribution in [0, 0.1) is 5.92 Å². The topological polar surface area (TPSA) is 81.4 Å². The highest BCUT2D eigenvalue weighted by Gasteiger charge is 2.27. The smallest absolute Gasteiger partial charge is 0.240 e. The van der Waals surface area contributed by atoms with Crippen LogP contribution in [0.2, 0.25) is 0 Å². The largest absolute Gasteiger partial charge is 0.381 e. The lowest BCUT2D eigenvalue weighted by Crippen LogP contribution is -2.46. The summed E-state index contributed by atoms with van der Waals surface area (Å²) in [5.74, 6) is -0.857. The van der Waals surface area contributed by atoms with E-state index in [4.69, 9.17) is 10.5 Å². The molecular formula is C11H18N2O3. The van der Waals surface area contributed by atoms with Gasteiger partial charge in [-0.15, -0.1) is 6.58 Å². The second-order valence-electron chi connectivity index (χ2n) is 4.19. The van der Waals surface area contributed by atoms with Crippen molar-refractivity contribution < 1.29 is 14.3 Å². The molecule has 1 rings (SSSR count). The van der Waals surface area contributed by atoms with Crippen molar-refractivity contribution >= 4 is 11.8 Å². The predicted molar refractivity (Wildman–Crippen MR) is 59.5 cm³/mol. The Labute approximate surface area is 95.0 Å². The van der Waals surface area contributed by atoms with Crippen LogP contribution in [0.15, 0.2) is 12.2 Å². The summed E-state index contributed by atoms with van der Waals surface area (Å²) >= 11 is 0. The lowest BCUT2D eigenvalue weighted by molar-refractivity contribution is -0.129. The maximum absolute atomic E-state index is 11.7. The first-order chi connectivity index (χ1) is 7.50. The van der Waals surface area contributed by atoms with E-state index >= 15 is 0 Å². The normalized spacial score (nSPS) is 21.4. The Bertz CT molecular complexity index is 296. The summed E-state index contributed by atoms with van der Waals surface area (Å²) in [6.45, 7) is 6.51. The average molecular weight is 226 g/mol. The van der Waals surface area contributed by atoms with Gasteiger partial charge in [-0.05, 0) is 19.8 Å². The van der Waals surface area contributed by atoms with Crippen molar-refractivity contribution in [2.45, 2.75) is 25.8 Å². The molecular weight excluding hydrogens is 208 g/mol. The number of rotatable bonds is 5. The third-order valence-corrected chi connectivity index (χ3v) is 2.51. The number of ether oxygens (including phenoxy) is 1. The fourth-order valence-corrected chi connectivity index (χ4v) is 1.60. The van der Waals surface area contributed by atoms with Crippen LogP contribution in [0.25, 0.3) is 0 Å². The second-order valence-corrected chi connectivity index (χ2v) is 4.19. The first kappa shape index (κ1) is 12.7. The van der Waals surface area contributed by atoms with Crippen LogP contribution in [0.1, 0.15) is 19.8 Å². The van der Waals surface area contributed by atoms with Crippen molar-refractivity contribution in [1.82, 2.24) is 5.32 Å². The van der Waals surface area contributed by atoms with Gasteiger partial charge >= 0.3 is 0 Å². The van der Waals surface area contributed by atoms with Crippen molar-refractivity contribution in [2.75, 3.05) is 13.2 Å². The zero-order valence-electron chi connectivity index (χ0n) is 9.49. The van der Waals surface area contributed by atoms with Gasteiger partial charge in [0.05, 0.1) is 12.5 Å². The van der Waals surface area contributed by atoms with Crippen molar-refractivity contribution in [3.8, 4) is 0 Å². The van der Waals surface area contributed by atoms with Crippen LogP contribution in [-0.4, -0.2) is 31.1 Å². The molecule has 1 aliphatic heterocycles. The van der Waals surface area contributed by atoms with Gasteiger partial charge < -0.3 is 15.8 Å². The summed E-state index contributed by atoms with van der Waals surface area (Å²) in [7, 11) is 0. The molecule has 16 heavy (non-hydrogen) atoms. The third kappa shape index (κ3) is 3.66. The molecule has 1 fully saturated rings. The van der Waals surface area contributed by atoms with Gasteiger partial charge in [0.2, 0.25) is 11.8 Å². The molecule has 2 atom stereocenters. The summed E-state index contributed by atoms with van der Waals surface area (Å²) in [6.07, 6.45) is 1.08. The zero-order valence-corrected chi connectivity index (χ0v) is 9.49. The monoisotopic (exact) mass is 226 g/mol. The Hall–Kier alpha value is -1.36. The number of primary amides is 1. The first-order valence-electron chi connectivity index (χ1n) is 5.32. The highest BCUT2D eigenvalue weighted by molar-refractivity contribution is 5.87. The lowest BCUT2D eigenvalue weighted by Gasteiger charge is -2.17. The molecule has 1 aliphatic rings. The maximum atomic E-state index is 11.7. The number of hydrogen-bond donors (Lipinski definition) is 2. The highest BCUT2D eigenvalue weighted by atomic mass is 16.5. The molecule has 90 valence electrons. The molecule has 0 radical (unpaired) electrons. The van der Waals surface area contributed by atoms with Gasteiger partial charge in [-0.1, -0.05) is 5.57 Å². The number of nitrogens with two attached hydrogens (primary N) is 1. The molecule has 0 bridgehead atoms. The minimum atomic E-state index is -0.661. The van der Waals surface area contributed by atoms with E-state index < -0.39 is 11.9 Å². The number of carbonyl (C=O) groups is 2. The molecule has 0 aromatic heterocycles. The average Bonchev–Trinajstić information content (AvgIpc) is 2.68. The second kappa shape index (κ2) is 5.65. The Balaban J connectivity index is 2.50. The fraction of sp³-hybridized carbons (Fsp3) is 0.636. The molecule has 0 aromatic rings. The quantitative estimate of drug-likeness (QED) is 0.645. The van der Waals surface area contributed by atoms with Crippen molar-refractivity contribution in [1.29, 1.82) is 0 Å². The molecule has 5 heteroatoms. The number of nitrogens with one attached hydrogen (secondary N) is 1. The van der Waals surface area contributed by atoms with E-state index in [1.165, 1.54) is 0 Å². The molecule has 5 nitrogen and oxygen atoms in total. The summed E-state index contributed by atoms with van der Waals surface area (Å²) in [5, 5.41) is 2.64. The van der Waals surface area contributed by atoms with Crippen LogP contribution in [0.5, 0.6) is 0 Å². The van der Waals surface area contributed by atoms with Crippen LogP contribution in [-0.2, 0) is 14.3 Å². The van der Waals surface area contributed by atoms with Gasteiger partial charge in [0, 0.05) is 6.61 Å². The molecule has 3 N–H and O–H groups in total. The molecule has 1 heterocycles. The van der Waals surface area contributed by atoms with Crippen LogP contribution in [0.3, 0.4) is 0 Å². The van der Waals surface area contributed by atoms with Gasteiger partial charge in [0.1, 0.15) is 6.04 Å². The standard InChI is InChI=1S/C11H18N2O3/c1-7(2)5-9(10(12)14)13-11(15)8-3-4-16-6-8/h8-9H,1,3-6H2,2H3,(H2,12,14)(H,13,15)/t8-,9-/m0/s1. The summed E-state index contributed by atoms with van der Waals surface area (Å²) in [4.78, 5) is 22.8. The number of carbonyl (C=O) groups excluding carboxylic acids is 2. The van der Waals surface area contributed by atoms with Crippen molar-refractivity contribution in [2.24, 2.45) is 11.7 Å². The summed E-state index contributed by atoms with van der Waals surface area (Å²) < 4.78 is 5.11. The van der Waals surface area contributed by atoms with Gasteiger partial charge in [0.15, 0.2) is 0 Å². The molecule has 0 aromatic carbocycles. The minimum Gasteiger partial charge on any atom is -0.381 e. The Morgan fingerprint density at radius 2 is 2.31 bits per heavy atom. The lowest BCUT2D eigenvalue weighted by atomic mass is 10.0. The minimum absolute atomic E-state index is 0.160. The maximum Gasteiger partial charge on any atom is 0.240 e. The van der Waals surface area contributed by atoms with E-state index in [1.807, 2.05) is 0 Å². The van der Waals surface area contributed by atoms with E-state index in [0.717, 1.165) is 5.57 Å². The van der Waals surface area contributed by atoms with E-state index in [0.29, 0.717) is 26.1 Å². The van der Waals surface area contributed by atoms with Crippen molar-refractivity contribution in [3.05, 3.63) is 12.2 Å². The number of amides is 2. The van der Waals surface area contributed by atoms with Gasteiger partial charge in [-0.3, -0.25) is 9.59 Å². The van der Waals surface area contributed by atoms with E-state index in [-0.39, 0.29) is 11.8 Å². The molecule has 0 saturated carbocycles. The summed E-state index contributed by atoms with van der Waals surface area (Å²) in [6, 6.07) is -0.661. The van der Waals surface area contributed by atoms with E-state index in [1.54, 1.807) is 6.92 Å². The Morgan fingerprint density at radius 1 is 1.62 bits per heavy atom.